The molecule has 0 amide bonds. The van der Waals surface area contributed by atoms with Crippen molar-refractivity contribution in [2.24, 2.45) is 4.99 Å². The monoisotopic (exact) mass is 353 g/mol. The lowest BCUT2D eigenvalue weighted by Gasteiger charge is -2.13. The molecular weight excluding hydrogens is 334 g/mol. The summed E-state index contributed by atoms with van der Waals surface area (Å²) >= 11 is 0. The number of amidine groups is 1. The molecule has 0 fully saturated rings. The van der Waals surface area contributed by atoms with Crippen LogP contribution in [0.5, 0.6) is 5.75 Å². The van der Waals surface area contributed by atoms with Crippen molar-refractivity contribution < 1.29 is 4.74 Å². The number of hydrogen-bond acceptors (Lipinski definition) is 3. The highest BCUT2D eigenvalue weighted by molar-refractivity contribution is 6.16. The van der Waals surface area contributed by atoms with Crippen LogP contribution in [0.4, 0.5) is 11.4 Å². The maximum Gasteiger partial charge on any atom is 0.138 e. The fourth-order valence-electron chi connectivity index (χ4n) is 2.95. The number of anilines is 1. The highest BCUT2D eigenvalue weighted by Crippen LogP contribution is 2.23. The van der Waals surface area contributed by atoms with Crippen LogP contribution in [-0.4, -0.2) is 17.9 Å². The first-order valence-corrected chi connectivity index (χ1v) is 8.71. The van der Waals surface area contributed by atoms with Gasteiger partial charge in [-0.3, -0.25) is 4.98 Å². The Morgan fingerprint density at radius 3 is 2.37 bits per heavy atom. The molecule has 0 saturated carbocycles. The summed E-state index contributed by atoms with van der Waals surface area (Å²) in [6, 6.07) is 26.1. The number of aromatic nitrogens is 1. The van der Waals surface area contributed by atoms with Gasteiger partial charge >= 0.3 is 0 Å². The molecule has 4 nitrogen and oxygen atoms in total. The summed E-state index contributed by atoms with van der Waals surface area (Å²) < 4.78 is 5.25. The molecule has 1 aromatic heterocycles. The minimum Gasteiger partial charge on any atom is -0.497 e. The van der Waals surface area contributed by atoms with E-state index in [9.17, 15) is 0 Å². The zero-order valence-electron chi connectivity index (χ0n) is 15.0. The number of nitrogens with one attached hydrogen (secondary N) is 1. The van der Waals surface area contributed by atoms with Gasteiger partial charge in [0.1, 0.15) is 11.6 Å². The fourth-order valence-corrected chi connectivity index (χ4v) is 2.95. The van der Waals surface area contributed by atoms with Crippen molar-refractivity contribution in [1.29, 1.82) is 0 Å². The molecule has 3 aromatic carbocycles. The largest absolute Gasteiger partial charge is 0.497 e. The predicted molar refractivity (Wildman–Crippen MR) is 111 cm³/mol. The predicted octanol–water partition coefficient (Wildman–Crippen LogP) is 5.43. The van der Waals surface area contributed by atoms with Crippen LogP contribution < -0.4 is 10.1 Å². The summed E-state index contributed by atoms with van der Waals surface area (Å²) in [7, 11) is 1.66. The van der Waals surface area contributed by atoms with Crippen LogP contribution in [-0.2, 0) is 0 Å². The lowest BCUT2D eigenvalue weighted by Crippen LogP contribution is -2.14. The van der Waals surface area contributed by atoms with Crippen molar-refractivity contribution in [3.63, 3.8) is 0 Å². The third-order valence-electron chi connectivity index (χ3n) is 4.30. The van der Waals surface area contributed by atoms with E-state index in [0.717, 1.165) is 33.9 Å². The molecule has 27 heavy (non-hydrogen) atoms. The molecule has 132 valence electrons. The Bertz CT molecular complexity index is 1070. The summed E-state index contributed by atoms with van der Waals surface area (Å²) in [6.07, 6.45) is 3.49. The van der Waals surface area contributed by atoms with E-state index in [4.69, 9.17) is 9.73 Å². The summed E-state index contributed by atoms with van der Waals surface area (Å²) in [5.41, 5.74) is 2.83. The Balaban J connectivity index is 1.81. The number of aliphatic imine (C=N–C) groups is 1. The van der Waals surface area contributed by atoms with Gasteiger partial charge in [0.15, 0.2) is 0 Å². The van der Waals surface area contributed by atoms with Crippen LogP contribution in [0.25, 0.3) is 10.8 Å². The number of ether oxygens (including phenoxy) is 1. The number of nitrogens with zero attached hydrogens (tertiary/aromatic N) is 2. The molecule has 4 aromatic rings. The number of methoxy groups -OCH3 is 1. The molecule has 0 radical (unpaired) electrons. The molecule has 0 saturated heterocycles. The van der Waals surface area contributed by atoms with E-state index in [1.165, 1.54) is 5.39 Å². The van der Waals surface area contributed by atoms with Gasteiger partial charge < -0.3 is 10.1 Å². The number of hydrogen-bond donors (Lipinski definition) is 1. The van der Waals surface area contributed by atoms with Gasteiger partial charge in [-0.1, -0.05) is 42.5 Å². The topological polar surface area (TPSA) is 46.5 Å². The van der Waals surface area contributed by atoms with Crippen LogP contribution >= 0.6 is 0 Å². The van der Waals surface area contributed by atoms with Gasteiger partial charge in [0.2, 0.25) is 0 Å². The quantitative estimate of drug-likeness (QED) is 0.393. The van der Waals surface area contributed by atoms with Gasteiger partial charge in [0.05, 0.1) is 12.8 Å². The van der Waals surface area contributed by atoms with Gasteiger partial charge in [-0.15, -0.1) is 0 Å². The standard InChI is InChI=1S/C23H19N3O/c1-27-20-11-9-18(10-12-20)25-23(26-19-13-15-24-16-14-19)22-8-4-6-17-5-2-3-7-21(17)22/h2-16H,1H3,(H,24,25,26). The van der Waals surface area contributed by atoms with Crippen molar-refractivity contribution in [3.8, 4) is 5.75 Å². The molecule has 4 rings (SSSR count). The van der Waals surface area contributed by atoms with E-state index < -0.39 is 0 Å². The van der Waals surface area contributed by atoms with E-state index in [2.05, 4.69) is 40.6 Å². The molecule has 0 unspecified atom stereocenters. The zero-order chi connectivity index (χ0) is 18.5. The van der Waals surface area contributed by atoms with Crippen molar-refractivity contribution in [2.75, 3.05) is 12.4 Å². The van der Waals surface area contributed by atoms with E-state index in [0.29, 0.717) is 0 Å². The number of pyridine rings is 1. The summed E-state index contributed by atoms with van der Waals surface area (Å²) in [5, 5.41) is 5.78. The van der Waals surface area contributed by atoms with Gasteiger partial charge in [0.25, 0.3) is 0 Å². The van der Waals surface area contributed by atoms with Gasteiger partial charge in [0, 0.05) is 23.6 Å². The minimum atomic E-state index is 0.781. The van der Waals surface area contributed by atoms with E-state index in [-0.39, 0.29) is 0 Å². The molecule has 0 aliphatic rings. The van der Waals surface area contributed by atoms with Crippen LogP contribution in [0.1, 0.15) is 5.56 Å². The van der Waals surface area contributed by atoms with E-state index in [1.54, 1.807) is 19.5 Å². The van der Waals surface area contributed by atoms with Crippen LogP contribution in [0, 0.1) is 0 Å². The Labute approximate surface area is 158 Å². The normalized spacial score (nSPS) is 11.4. The van der Waals surface area contributed by atoms with E-state index >= 15 is 0 Å². The maximum absolute atomic E-state index is 5.25. The van der Waals surface area contributed by atoms with Crippen LogP contribution in [0.15, 0.2) is 96.2 Å². The van der Waals surface area contributed by atoms with Crippen LogP contribution in [0.2, 0.25) is 0 Å². The SMILES string of the molecule is COc1ccc(NC(=Nc2ccncc2)c2cccc3ccccc23)cc1. The molecule has 1 heterocycles. The number of benzene rings is 3. The van der Waals surface area contributed by atoms with Crippen LogP contribution in [0.3, 0.4) is 0 Å². The first kappa shape index (κ1) is 16.8. The molecule has 0 bridgehead atoms. The lowest BCUT2D eigenvalue weighted by atomic mass is 10.0. The summed E-state index contributed by atoms with van der Waals surface area (Å²) in [5.74, 6) is 1.60. The minimum absolute atomic E-state index is 0.781. The van der Waals surface area contributed by atoms with Crippen molar-refractivity contribution in [2.45, 2.75) is 0 Å². The van der Waals surface area contributed by atoms with E-state index in [1.807, 2.05) is 48.5 Å². The van der Waals surface area contributed by atoms with Crippen molar-refractivity contribution in [1.82, 2.24) is 4.98 Å². The highest BCUT2D eigenvalue weighted by Gasteiger charge is 2.09. The zero-order valence-corrected chi connectivity index (χ0v) is 15.0. The van der Waals surface area contributed by atoms with Crippen molar-refractivity contribution >= 4 is 28.0 Å². The molecule has 0 aliphatic heterocycles. The lowest BCUT2D eigenvalue weighted by molar-refractivity contribution is 0.415. The molecule has 0 atom stereocenters. The molecule has 4 heteroatoms. The van der Waals surface area contributed by atoms with Gasteiger partial charge in [-0.2, -0.15) is 0 Å². The molecular formula is C23H19N3O. The Morgan fingerprint density at radius 2 is 1.59 bits per heavy atom. The molecule has 0 aliphatic carbocycles. The first-order valence-electron chi connectivity index (χ1n) is 8.71. The average Bonchev–Trinajstić information content (AvgIpc) is 2.74. The Kier molecular flexibility index (Phi) is 4.79. The number of fused-ring (bicyclic) bond motifs is 1. The maximum atomic E-state index is 5.25. The Morgan fingerprint density at radius 1 is 0.852 bits per heavy atom. The highest BCUT2D eigenvalue weighted by atomic mass is 16.5. The third-order valence-corrected chi connectivity index (χ3v) is 4.30. The average molecular weight is 353 g/mol. The number of rotatable bonds is 4. The fraction of sp³-hybridized carbons (Fsp3) is 0.0435. The van der Waals surface area contributed by atoms with Gasteiger partial charge in [-0.25, -0.2) is 4.99 Å². The Hall–Kier alpha value is -3.66. The van der Waals surface area contributed by atoms with Gasteiger partial charge in [-0.05, 0) is 47.2 Å². The third kappa shape index (κ3) is 3.80. The molecule has 1 N–H and O–H groups in total. The summed E-state index contributed by atoms with van der Waals surface area (Å²) in [6.45, 7) is 0. The summed E-state index contributed by atoms with van der Waals surface area (Å²) in [4.78, 5) is 8.93. The second-order valence-electron chi connectivity index (χ2n) is 6.05. The smallest absolute Gasteiger partial charge is 0.138 e. The first-order chi connectivity index (χ1) is 13.3. The molecule has 0 spiro atoms. The van der Waals surface area contributed by atoms with Crippen molar-refractivity contribution in [3.05, 3.63) is 96.8 Å². The second-order valence-corrected chi connectivity index (χ2v) is 6.05. The second kappa shape index (κ2) is 7.70.